The maximum Gasteiger partial charge on any atom is 0.269 e. The largest absolute Gasteiger partial charge is 0.363 e. The second-order valence-electron chi connectivity index (χ2n) is 4.91. The summed E-state index contributed by atoms with van der Waals surface area (Å²) in [5.74, 6) is -0.931. The molecule has 0 radical (unpaired) electrons. The highest BCUT2D eigenvalue weighted by molar-refractivity contribution is 6.18. The first kappa shape index (κ1) is 15.3. The van der Waals surface area contributed by atoms with Crippen molar-refractivity contribution >= 4 is 17.3 Å². The molecule has 118 valence electrons. The number of ketones is 2. The molecule has 2 aromatic carbocycles. The van der Waals surface area contributed by atoms with Crippen LogP contribution in [0.15, 0.2) is 65.4 Å². The van der Waals surface area contributed by atoms with Crippen molar-refractivity contribution in [1.82, 2.24) is 5.16 Å². The summed E-state index contributed by atoms with van der Waals surface area (Å²) in [4.78, 5) is 35.1. The lowest BCUT2D eigenvalue weighted by Crippen LogP contribution is -2.10. The van der Waals surface area contributed by atoms with Gasteiger partial charge in [-0.25, -0.2) is 0 Å². The third-order valence-electron chi connectivity index (χ3n) is 3.41. The van der Waals surface area contributed by atoms with Gasteiger partial charge < -0.3 is 4.52 Å². The van der Waals surface area contributed by atoms with Crippen molar-refractivity contribution in [2.45, 2.75) is 0 Å². The van der Waals surface area contributed by atoms with E-state index in [2.05, 4.69) is 5.16 Å². The molecule has 0 amide bonds. The molecule has 0 unspecified atom stereocenters. The van der Waals surface area contributed by atoms with Gasteiger partial charge in [0.05, 0.1) is 10.5 Å². The Balaban J connectivity index is 1.93. The SMILES string of the molecule is O=C(c1ccccc1)c1conc1C(=O)c1ccc([N+](=O)[O-])cc1. The normalized spacial score (nSPS) is 10.3. The zero-order valence-electron chi connectivity index (χ0n) is 12.2. The van der Waals surface area contributed by atoms with Crippen LogP contribution < -0.4 is 0 Å². The first-order chi connectivity index (χ1) is 11.6. The summed E-state index contributed by atoms with van der Waals surface area (Å²) < 4.78 is 4.79. The summed E-state index contributed by atoms with van der Waals surface area (Å²) in [6, 6.07) is 13.5. The van der Waals surface area contributed by atoms with Crippen LogP contribution in [0.2, 0.25) is 0 Å². The second-order valence-corrected chi connectivity index (χ2v) is 4.91. The van der Waals surface area contributed by atoms with Crippen LogP contribution in [-0.4, -0.2) is 21.6 Å². The summed E-state index contributed by atoms with van der Waals surface area (Å²) in [6.07, 6.45) is 1.12. The first-order valence-electron chi connectivity index (χ1n) is 6.91. The van der Waals surface area contributed by atoms with E-state index in [1.807, 2.05) is 0 Å². The van der Waals surface area contributed by atoms with Gasteiger partial charge in [-0.3, -0.25) is 19.7 Å². The molecule has 0 bridgehead atoms. The van der Waals surface area contributed by atoms with Gasteiger partial charge in [0.1, 0.15) is 6.26 Å². The van der Waals surface area contributed by atoms with Crippen molar-refractivity contribution in [1.29, 1.82) is 0 Å². The summed E-state index contributed by atoms with van der Waals surface area (Å²) in [6.45, 7) is 0. The summed E-state index contributed by atoms with van der Waals surface area (Å²) in [5, 5.41) is 14.3. The van der Waals surface area contributed by atoms with Crippen LogP contribution in [0, 0.1) is 10.1 Å². The van der Waals surface area contributed by atoms with Crippen LogP contribution in [0.5, 0.6) is 0 Å². The first-order valence-corrected chi connectivity index (χ1v) is 6.91. The summed E-state index contributed by atoms with van der Waals surface area (Å²) >= 11 is 0. The van der Waals surface area contributed by atoms with Gasteiger partial charge in [-0.2, -0.15) is 0 Å². The van der Waals surface area contributed by atoms with Crippen molar-refractivity contribution in [3.05, 3.63) is 93.4 Å². The number of rotatable bonds is 5. The lowest BCUT2D eigenvalue weighted by Gasteiger charge is -2.01. The van der Waals surface area contributed by atoms with E-state index in [-0.39, 0.29) is 28.3 Å². The molecule has 1 aromatic heterocycles. The molecule has 0 aliphatic carbocycles. The van der Waals surface area contributed by atoms with Gasteiger partial charge in [-0.1, -0.05) is 35.5 Å². The van der Waals surface area contributed by atoms with E-state index >= 15 is 0 Å². The van der Waals surface area contributed by atoms with Gasteiger partial charge in [0.25, 0.3) is 5.69 Å². The number of nitrogens with zero attached hydrogens (tertiary/aromatic N) is 2. The van der Waals surface area contributed by atoms with E-state index in [1.54, 1.807) is 30.3 Å². The number of nitro groups is 1. The predicted octanol–water partition coefficient (Wildman–Crippen LogP) is 3.04. The zero-order chi connectivity index (χ0) is 17.1. The monoisotopic (exact) mass is 322 g/mol. The van der Waals surface area contributed by atoms with Crippen molar-refractivity contribution in [3.8, 4) is 0 Å². The summed E-state index contributed by atoms with van der Waals surface area (Å²) in [7, 11) is 0. The van der Waals surface area contributed by atoms with E-state index in [9.17, 15) is 19.7 Å². The molecule has 1 heterocycles. The minimum atomic E-state index is -0.561. The molecule has 3 rings (SSSR count). The molecule has 0 spiro atoms. The van der Waals surface area contributed by atoms with Crippen LogP contribution in [0.1, 0.15) is 32.0 Å². The molecule has 0 N–H and O–H groups in total. The number of hydrogen-bond acceptors (Lipinski definition) is 6. The third-order valence-corrected chi connectivity index (χ3v) is 3.41. The number of carbonyl (C=O) groups is 2. The fraction of sp³-hybridized carbons (Fsp3) is 0. The zero-order valence-corrected chi connectivity index (χ0v) is 12.2. The minimum Gasteiger partial charge on any atom is -0.363 e. The Hall–Kier alpha value is -3.61. The minimum absolute atomic E-state index is 0.0459. The fourth-order valence-electron chi connectivity index (χ4n) is 2.18. The van der Waals surface area contributed by atoms with Gasteiger partial charge in [0.15, 0.2) is 11.5 Å². The topological polar surface area (TPSA) is 103 Å². The van der Waals surface area contributed by atoms with Gasteiger partial charge in [-0.15, -0.1) is 0 Å². The Bertz CT molecular complexity index is 914. The van der Waals surface area contributed by atoms with Gasteiger partial charge in [0.2, 0.25) is 5.78 Å². The Morgan fingerprint density at radius 1 is 0.917 bits per heavy atom. The van der Waals surface area contributed by atoms with Crippen LogP contribution in [0.4, 0.5) is 5.69 Å². The van der Waals surface area contributed by atoms with Crippen molar-refractivity contribution in [2.24, 2.45) is 0 Å². The molecular formula is C17H10N2O5. The number of benzene rings is 2. The third kappa shape index (κ3) is 2.82. The predicted molar refractivity (Wildman–Crippen MR) is 82.9 cm³/mol. The molecule has 0 saturated heterocycles. The fourth-order valence-corrected chi connectivity index (χ4v) is 2.18. The molecule has 0 aliphatic heterocycles. The molecule has 0 saturated carbocycles. The van der Waals surface area contributed by atoms with Crippen LogP contribution in [0.3, 0.4) is 0 Å². The number of hydrogen-bond donors (Lipinski definition) is 0. The Morgan fingerprint density at radius 2 is 1.54 bits per heavy atom. The van der Waals surface area contributed by atoms with Crippen LogP contribution in [0.25, 0.3) is 0 Å². The van der Waals surface area contributed by atoms with E-state index in [1.165, 1.54) is 24.3 Å². The molecule has 24 heavy (non-hydrogen) atoms. The summed E-state index contributed by atoms with van der Waals surface area (Å²) in [5.41, 5.74) is 0.365. The number of non-ortho nitro benzene ring substituents is 1. The van der Waals surface area contributed by atoms with E-state index in [0.29, 0.717) is 5.56 Å². The van der Waals surface area contributed by atoms with Crippen LogP contribution >= 0.6 is 0 Å². The van der Waals surface area contributed by atoms with E-state index in [4.69, 9.17) is 4.52 Å². The average Bonchev–Trinajstić information content (AvgIpc) is 3.11. The number of carbonyl (C=O) groups excluding carboxylic acids is 2. The molecule has 0 aliphatic rings. The highest BCUT2D eigenvalue weighted by atomic mass is 16.6. The van der Waals surface area contributed by atoms with Gasteiger partial charge in [-0.05, 0) is 12.1 Å². The van der Waals surface area contributed by atoms with Crippen molar-refractivity contribution in [3.63, 3.8) is 0 Å². The quantitative estimate of drug-likeness (QED) is 0.406. The van der Waals surface area contributed by atoms with E-state index in [0.717, 1.165) is 6.26 Å². The lowest BCUT2D eigenvalue weighted by molar-refractivity contribution is -0.384. The molecule has 0 atom stereocenters. The lowest BCUT2D eigenvalue weighted by atomic mass is 9.99. The standard InChI is InChI=1S/C17H10N2O5/c20-16(11-4-2-1-3-5-11)14-10-24-18-15(14)17(21)12-6-8-13(9-7-12)19(22)23/h1-10H. The van der Waals surface area contributed by atoms with Crippen molar-refractivity contribution in [2.75, 3.05) is 0 Å². The molecular weight excluding hydrogens is 312 g/mol. The molecule has 3 aromatic rings. The maximum absolute atomic E-state index is 12.5. The Labute approximate surface area is 135 Å². The van der Waals surface area contributed by atoms with Crippen molar-refractivity contribution < 1.29 is 19.0 Å². The second kappa shape index (κ2) is 6.25. The Morgan fingerprint density at radius 3 is 2.17 bits per heavy atom. The van der Waals surface area contributed by atoms with Crippen LogP contribution in [-0.2, 0) is 0 Å². The molecule has 0 fully saturated rings. The number of aromatic nitrogens is 1. The highest BCUT2D eigenvalue weighted by Gasteiger charge is 2.24. The van der Waals surface area contributed by atoms with Gasteiger partial charge in [0, 0.05) is 23.3 Å². The van der Waals surface area contributed by atoms with E-state index < -0.39 is 10.7 Å². The number of nitro benzene ring substituents is 1. The molecule has 7 heteroatoms. The molecule has 7 nitrogen and oxygen atoms in total. The van der Waals surface area contributed by atoms with Gasteiger partial charge >= 0.3 is 0 Å². The maximum atomic E-state index is 12.5. The Kier molecular flexibility index (Phi) is 3.98. The smallest absolute Gasteiger partial charge is 0.269 e. The highest BCUT2D eigenvalue weighted by Crippen LogP contribution is 2.19. The average molecular weight is 322 g/mol.